The van der Waals surface area contributed by atoms with E-state index >= 15 is 0 Å². The van der Waals surface area contributed by atoms with Crippen molar-refractivity contribution in [2.45, 2.75) is 13.0 Å². The van der Waals surface area contributed by atoms with Crippen LogP contribution in [0, 0.1) is 0 Å². The molecular weight excluding hydrogens is 351 g/mol. The molecule has 1 heterocycles. The largest absolute Gasteiger partial charge is 0.454 e. The number of amides is 1. The summed E-state index contributed by atoms with van der Waals surface area (Å²) in [6.45, 7) is 2.47. The summed E-state index contributed by atoms with van der Waals surface area (Å²) in [4.78, 5) is 12.1. The van der Waals surface area contributed by atoms with Crippen molar-refractivity contribution in [3.05, 3.63) is 52.0 Å². The lowest BCUT2D eigenvalue weighted by molar-refractivity contribution is -0.682. The summed E-state index contributed by atoms with van der Waals surface area (Å²) in [5, 5.41) is 5.95. The van der Waals surface area contributed by atoms with Crippen LogP contribution in [0.5, 0.6) is 11.5 Å². The van der Waals surface area contributed by atoms with Gasteiger partial charge in [0.05, 0.1) is 5.02 Å². The van der Waals surface area contributed by atoms with Crippen molar-refractivity contribution in [1.82, 2.24) is 0 Å². The van der Waals surface area contributed by atoms with Gasteiger partial charge >= 0.3 is 0 Å². The minimum Gasteiger partial charge on any atom is -0.454 e. The molecule has 1 aliphatic heterocycles. The molecule has 0 radical (unpaired) electrons. The molecule has 5 nitrogen and oxygen atoms in total. The average Bonchev–Trinajstić information content (AvgIpc) is 3.00. The summed E-state index contributed by atoms with van der Waals surface area (Å²) in [6.07, 6.45) is 0. The number of carbonyl (C=O) groups is 1. The predicted molar refractivity (Wildman–Crippen MR) is 92.9 cm³/mol. The third-order valence-corrected chi connectivity index (χ3v) is 4.33. The zero-order valence-electron chi connectivity index (χ0n) is 13.0. The van der Waals surface area contributed by atoms with Crippen LogP contribution in [0.25, 0.3) is 0 Å². The number of hydrogen-bond donors (Lipinski definition) is 2. The molecule has 0 unspecified atom stereocenters. The zero-order valence-corrected chi connectivity index (χ0v) is 14.5. The van der Waals surface area contributed by atoms with Crippen LogP contribution >= 0.6 is 23.2 Å². The van der Waals surface area contributed by atoms with E-state index in [4.69, 9.17) is 32.7 Å². The van der Waals surface area contributed by atoms with Gasteiger partial charge in [-0.25, -0.2) is 0 Å². The molecule has 3 rings (SSSR count). The summed E-state index contributed by atoms with van der Waals surface area (Å²) in [6, 6.07) is 10.7. The molecule has 0 bridgehead atoms. The summed E-state index contributed by atoms with van der Waals surface area (Å²) in [7, 11) is 0. The van der Waals surface area contributed by atoms with E-state index in [1.807, 2.05) is 18.3 Å². The van der Waals surface area contributed by atoms with Crippen molar-refractivity contribution >= 4 is 34.8 Å². The minimum atomic E-state index is -0.106. The summed E-state index contributed by atoms with van der Waals surface area (Å²) < 4.78 is 10.5. The Hall–Kier alpha value is -1.95. The quantitative estimate of drug-likeness (QED) is 0.853. The van der Waals surface area contributed by atoms with Crippen molar-refractivity contribution in [2.24, 2.45) is 0 Å². The second kappa shape index (κ2) is 7.30. The molecule has 2 aromatic rings. The van der Waals surface area contributed by atoms with Gasteiger partial charge in [0.1, 0.15) is 6.04 Å². The first-order chi connectivity index (χ1) is 11.5. The highest BCUT2D eigenvalue weighted by Crippen LogP contribution is 2.34. The molecule has 1 atom stereocenters. The molecular formula is C17H17Cl2N2O3+. The van der Waals surface area contributed by atoms with Crippen molar-refractivity contribution in [3.63, 3.8) is 0 Å². The maximum atomic E-state index is 12.1. The Labute approximate surface area is 149 Å². The molecule has 0 spiro atoms. The summed E-state index contributed by atoms with van der Waals surface area (Å²) >= 11 is 12.1. The Balaban J connectivity index is 1.55. The first-order valence-corrected chi connectivity index (χ1v) is 8.26. The SMILES string of the molecule is C[C@H]([NH2+]CC(=O)Nc1ccc2c(c1)OCO2)c1ccc(Cl)cc1Cl. The lowest BCUT2D eigenvalue weighted by Gasteiger charge is -2.13. The first kappa shape index (κ1) is 16.9. The van der Waals surface area contributed by atoms with Crippen LogP contribution < -0.4 is 20.1 Å². The zero-order chi connectivity index (χ0) is 17.1. The Kier molecular flexibility index (Phi) is 5.14. The molecule has 0 saturated heterocycles. The van der Waals surface area contributed by atoms with Crippen LogP contribution in [0.3, 0.4) is 0 Å². The fourth-order valence-electron chi connectivity index (χ4n) is 2.47. The van der Waals surface area contributed by atoms with Crippen LogP contribution in [0.1, 0.15) is 18.5 Å². The smallest absolute Gasteiger partial charge is 0.279 e. The van der Waals surface area contributed by atoms with Gasteiger partial charge in [-0.2, -0.15) is 0 Å². The molecule has 0 saturated carbocycles. The number of halogens is 2. The van der Waals surface area contributed by atoms with Crippen molar-refractivity contribution in [2.75, 3.05) is 18.7 Å². The van der Waals surface area contributed by atoms with Crippen molar-refractivity contribution in [3.8, 4) is 11.5 Å². The fraction of sp³-hybridized carbons (Fsp3) is 0.235. The van der Waals surface area contributed by atoms with E-state index in [0.29, 0.717) is 27.2 Å². The van der Waals surface area contributed by atoms with E-state index in [9.17, 15) is 4.79 Å². The van der Waals surface area contributed by atoms with Crippen LogP contribution in [-0.2, 0) is 4.79 Å². The molecule has 0 aliphatic carbocycles. The highest BCUT2D eigenvalue weighted by molar-refractivity contribution is 6.35. The number of benzene rings is 2. The maximum absolute atomic E-state index is 12.1. The highest BCUT2D eigenvalue weighted by Gasteiger charge is 2.17. The lowest BCUT2D eigenvalue weighted by Crippen LogP contribution is -2.86. The van der Waals surface area contributed by atoms with E-state index in [1.54, 1.807) is 30.3 Å². The Morgan fingerprint density at radius 2 is 2.00 bits per heavy atom. The standard InChI is InChI=1S/C17H16Cl2N2O3/c1-10(13-4-2-11(18)6-14(13)19)20-8-17(22)21-12-3-5-15-16(7-12)24-9-23-15/h2-7,10,20H,8-9H2,1H3,(H,21,22)/p+1/t10-/m0/s1. The van der Waals surface area contributed by atoms with E-state index in [0.717, 1.165) is 5.56 Å². The number of rotatable bonds is 5. The second-order valence-corrected chi connectivity index (χ2v) is 6.35. The van der Waals surface area contributed by atoms with Crippen LogP contribution in [0.2, 0.25) is 10.0 Å². The highest BCUT2D eigenvalue weighted by atomic mass is 35.5. The number of carbonyl (C=O) groups excluding carboxylic acids is 1. The van der Waals surface area contributed by atoms with E-state index < -0.39 is 0 Å². The van der Waals surface area contributed by atoms with Gasteiger partial charge in [0.25, 0.3) is 5.91 Å². The Morgan fingerprint density at radius 1 is 1.21 bits per heavy atom. The number of anilines is 1. The molecule has 1 aliphatic rings. The van der Waals surface area contributed by atoms with Gasteiger partial charge in [-0.1, -0.05) is 29.3 Å². The van der Waals surface area contributed by atoms with Crippen LogP contribution in [0.15, 0.2) is 36.4 Å². The number of hydrogen-bond acceptors (Lipinski definition) is 3. The first-order valence-electron chi connectivity index (χ1n) is 7.50. The molecule has 7 heteroatoms. The summed E-state index contributed by atoms with van der Waals surface area (Å²) in [5.41, 5.74) is 1.62. The van der Waals surface area contributed by atoms with Gasteiger partial charge in [-0.05, 0) is 31.2 Å². The van der Waals surface area contributed by atoms with Gasteiger partial charge in [0.15, 0.2) is 18.0 Å². The van der Waals surface area contributed by atoms with E-state index in [2.05, 4.69) is 5.32 Å². The summed E-state index contributed by atoms with van der Waals surface area (Å²) in [5.74, 6) is 1.22. The van der Waals surface area contributed by atoms with Gasteiger partial charge in [0.2, 0.25) is 6.79 Å². The fourth-order valence-corrected chi connectivity index (χ4v) is 3.05. The number of ether oxygens (including phenoxy) is 2. The van der Waals surface area contributed by atoms with Gasteiger partial charge in [0, 0.05) is 22.3 Å². The third-order valence-electron chi connectivity index (χ3n) is 3.77. The van der Waals surface area contributed by atoms with Gasteiger partial charge < -0.3 is 20.1 Å². The van der Waals surface area contributed by atoms with E-state index in [-0.39, 0.29) is 25.3 Å². The van der Waals surface area contributed by atoms with Crippen molar-refractivity contribution < 1.29 is 19.6 Å². The molecule has 126 valence electrons. The lowest BCUT2D eigenvalue weighted by atomic mass is 10.1. The molecule has 1 amide bonds. The van der Waals surface area contributed by atoms with Crippen LogP contribution in [-0.4, -0.2) is 19.2 Å². The normalized spacial score (nSPS) is 13.6. The predicted octanol–water partition coefficient (Wildman–Crippen LogP) is 2.99. The second-order valence-electron chi connectivity index (χ2n) is 5.51. The monoisotopic (exact) mass is 367 g/mol. The van der Waals surface area contributed by atoms with Crippen LogP contribution in [0.4, 0.5) is 5.69 Å². The molecule has 0 fully saturated rings. The third kappa shape index (κ3) is 3.93. The molecule has 3 N–H and O–H groups in total. The van der Waals surface area contributed by atoms with Gasteiger partial charge in [-0.3, -0.25) is 4.79 Å². The number of nitrogens with two attached hydrogens (primary N) is 1. The van der Waals surface area contributed by atoms with E-state index in [1.165, 1.54) is 0 Å². The number of nitrogens with one attached hydrogen (secondary N) is 1. The molecule has 24 heavy (non-hydrogen) atoms. The van der Waals surface area contributed by atoms with Crippen molar-refractivity contribution in [1.29, 1.82) is 0 Å². The Bertz CT molecular complexity index is 767. The average molecular weight is 368 g/mol. The molecule has 0 aromatic heterocycles. The Morgan fingerprint density at radius 3 is 2.79 bits per heavy atom. The number of quaternary nitrogens is 1. The topological polar surface area (TPSA) is 64.2 Å². The van der Waals surface area contributed by atoms with Gasteiger partial charge in [-0.15, -0.1) is 0 Å². The molecule has 2 aromatic carbocycles. The minimum absolute atomic E-state index is 0.0391. The maximum Gasteiger partial charge on any atom is 0.279 e. The number of fused-ring (bicyclic) bond motifs is 1.